The lowest BCUT2D eigenvalue weighted by atomic mass is 9.97. The first-order chi connectivity index (χ1) is 13.2. The highest BCUT2D eigenvalue weighted by Crippen LogP contribution is 2.20. The largest absolute Gasteiger partial charge is 0.466 e. The van der Waals surface area contributed by atoms with Gasteiger partial charge in [0.25, 0.3) is 0 Å². The van der Waals surface area contributed by atoms with E-state index in [0.29, 0.717) is 13.2 Å². The number of guanidine groups is 1. The van der Waals surface area contributed by atoms with Crippen LogP contribution in [-0.4, -0.2) is 61.6 Å². The second-order valence-electron chi connectivity index (χ2n) is 7.13. The maximum atomic E-state index is 11.9. The van der Waals surface area contributed by atoms with Crippen LogP contribution < -0.4 is 10.2 Å². The minimum atomic E-state index is -0.0636. The number of likely N-dealkylation sites (tertiary alicyclic amines) is 1. The van der Waals surface area contributed by atoms with Crippen LogP contribution >= 0.6 is 0 Å². The number of hydrogen-bond donors (Lipinski definition) is 1. The highest BCUT2D eigenvalue weighted by molar-refractivity contribution is 5.80. The lowest BCUT2D eigenvalue weighted by Gasteiger charge is -2.33. The number of aliphatic imine (C=N–C) groups is 1. The Bertz CT molecular complexity index is 650. The Labute approximate surface area is 161 Å². The molecule has 0 bridgehead atoms. The summed E-state index contributed by atoms with van der Waals surface area (Å²) in [4.78, 5) is 25.4. The summed E-state index contributed by atoms with van der Waals surface area (Å²) in [7, 11) is 1.81. The van der Waals surface area contributed by atoms with E-state index in [9.17, 15) is 4.79 Å². The first kappa shape index (κ1) is 19.5. The van der Waals surface area contributed by atoms with Crippen molar-refractivity contribution in [3.63, 3.8) is 0 Å². The number of carbonyl (C=O) groups excluding carboxylic acids is 1. The molecule has 0 aromatic carbocycles. The van der Waals surface area contributed by atoms with Crippen LogP contribution in [0.1, 0.15) is 38.2 Å². The molecular formula is C20H31N5O2. The molecule has 2 saturated heterocycles. The van der Waals surface area contributed by atoms with E-state index >= 15 is 0 Å². The maximum absolute atomic E-state index is 11.9. The number of esters is 1. The van der Waals surface area contributed by atoms with Gasteiger partial charge in [-0.15, -0.1) is 0 Å². The van der Waals surface area contributed by atoms with Crippen LogP contribution in [0.5, 0.6) is 0 Å². The molecule has 1 N–H and O–H groups in total. The van der Waals surface area contributed by atoms with Gasteiger partial charge in [0.15, 0.2) is 5.96 Å². The monoisotopic (exact) mass is 373 g/mol. The van der Waals surface area contributed by atoms with Crippen LogP contribution in [0.25, 0.3) is 0 Å². The molecule has 7 heteroatoms. The molecule has 0 aliphatic carbocycles. The summed E-state index contributed by atoms with van der Waals surface area (Å²) in [5.74, 6) is 1.91. The van der Waals surface area contributed by atoms with E-state index in [1.807, 2.05) is 26.2 Å². The van der Waals surface area contributed by atoms with Crippen LogP contribution in [0, 0.1) is 5.92 Å². The van der Waals surface area contributed by atoms with Gasteiger partial charge in [0.05, 0.1) is 12.5 Å². The van der Waals surface area contributed by atoms with E-state index in [2.05, 4.69) is 31.2 Å². The Hall–Kier alpha value is -2.31. The Morgan fingerprint density at radius 2 is 2.04 bits per heavy atom. The predicted octanol–water partition coefficient (Wildman–Crippen LogP) is 2.03. The van der Waals surface area contributed by atoms with Crippen molar-refractivity contribution < 1.29 is 9.53 Å². The van der Waals surface area contributed by atoms with E-state index in [1.165, 1.54) is 18.4 Å². The fourth-order valence-corrected chi connectivity index (χ4v) is 3.79. The molecule has 1 aromatic rings. The first-order valence-corrected chi connectivity index (χ1v) is 10.0. The Balaban J connectivity index is 1.51. The van der Waals surface area contributed by atoms with Gasteiger partial charge in [-0.1, -0.05) is 0 Å². The number of rotatable bonds is 5. The lowest BCUT2D eigenvalue weighted by Crippen LogP contribution is -2.46. The van der Waals surface area contributed by atoms with Gasteiger partial charge < -0.3 is 19.9 Å². The summed E-state index contributed by atoms with van der Waals surface area (Å²) in [6.07, 6.45) is 6.01. The molecule has 27 heavy (non-hydrogen) atoms. The summed E-state index contributed by atoms with van der Waals surface area (Å²) in [5, 5.41) is 3.46. The van der Waals surface area contributed by atoms with E-state index in [1.54, 1.807) is 0 Å². The summed E-state index contributed by atoms with van der Waals surface area (Å²) in [5.41, 5.74) is 1.20. The third-order valence-electron chi connectivity index (χ3n) is 5.32. The zero-order valence-electron chi connectivity index (χ0n) is 16.5. The number of anilines is 1. The van der Waals surface area contributed by atoms with Gasteiger partial charge in [-0.3, -0.25) is 9.79 Å². The first-order valence-electron chi connectivity index (χ1n) is 10.0. The minimum absolute atomic E-state index is 0.0162. The van der Waals surface area contributed by atoms with Crippen molar-refractivity contribution in [2.75, 3.05) is 44.7 Å². The second-order valence-corrected chi connectivity index (χ2v) is 7.13. The Morgan fingerprint density at radius 3 is 2.70 bits per heavy atom. The number of ether oxygens (including phenoxy) is 1. The van der Waals surface area contributed by atoms with Crippen molar-refractivity contribution in [1.82, 2.24) is 15.2 Å². The van der Waals surface area contributed by atoms with Crippen molar-refractivity contribution in [2.45, 2.75) is 39.2 Å². The SMILES string of the molecule is CCOC(=O)C1CCN(C(=NC)NCc2ccnc(N3CCCC3)c2)CC1. The van der Waals surface area contributed by atoms with E-state index in [0.717, 1.165) is 50.8 Å². The van der Waals surface area contributed by atoms with Crippen molar-refractivity contribution in [2.24, 2.45) is 10.9 Å². The summed E-state index contributed by atoms with van der Waals surface area (Å²) < 4.78 is 5.15. The van der Waals surface area contributed by atoms with Gasteiger partial charge in [-0.2, -0.15) is 0 Å². The fourth-order valence-electron chi connectivity index (χ4n) is 3.79. The zero-order valence-corrected chi connectivity index (χ0v) is 16.5. The normalized spacial score (nSPS) is 18.7. The molecule has 0 atom stereocenters. The molecule has 0 saturated carbocycles. The molecule has 3 rings (SSSR count). The molecule has 2 aliphatic heterocycles. The third-order valence-corrected chi connectivity index (χ3v) is 5.32. The highest BCUT2D eigenvalue weighted by atomic mass is 16.5. The number of nitrogens with zero attached hydrogens (tertiary/aromatic N) is 4. The van der Waals surface area contributed by atoms with Crippen molar-refractivity contribution in [3.8, 4) is 0 Å². The van der Waals surface area contributed by atoms with E-state index < -0.39 is 0 Å². The zero-order chi connectivity index (χ0) is 19.1. The quantitative estimate of drug-likeness (QED) is 0.484. The molecule has 0 spiro atoms. The Kier molecular flexibility index (Phi) is 6.90. The van der Waals surface area contributed by atoms with Crippen LogP contribution in [0.15, 0.2) is 23.3 Å². The third kappa shape index (κ3) is 5.11. The fraction of sp³-hybridized carbons (Fsp3) is 0.650. The number of carbonyl (C=O) groups is 1. The molecule has 0 amide bonds. The molecule has 7 nitrogen and oxygen atoms in total. The predicted molar refractivity (Wildman–Crippen MR) is 107 cm³/mol. The van der Waals surface area contributed by atoms with Crippen molar-refractivity contribution in [1.29, 1.82) is 0 Å². The van der Waals surface area contributed by atoms with Crippen LogP contribution in [0.3, 0.4) is 0 Å². The highest BCUT2D eigenvalue weighted by Gasteiger charge is 2.27. The molecule has 3 heterocycles. The van der Waals surface area contributed by atoms with Gasteiger partial charge in [0.2, 0.25) is 0 Å². The van der Waals surface area contributed by atoms with Crippen molar-refractivity contribution >= 4 is 17.7 Å². The number of pyridine rings is 1. The van der Waals surface area contributed by atoms with Crippen LogP contribution in [0.4, 0.5) is 5.82 Å². The second kappa shape index (κ2) is 9.58. The standard InChI is InChI=1S/C20H31N5O2/c1-3-27-19(26)17-7-12-25(13-8-17)20(21-2)23-15-16-6-9-22-18(14-16)24-10-4-5-11-24/h6,9,14,17H,3-5,7-8,10-13,15H2,1-2H3,(H,21,23). The number of nitrogens with one attached hydrogen (secondary N) is 1. The van der Waals surface area contributed by atoms with Gasteiger partial charge in [-0.05, 0) is 50.3 Å². The number of piperidine rings is 1. The molecule has 0 unspecified atom stereocenters. The minimum Gasteiger partial charge on any atom is -0.466 e. The number of aromatic nitrogens is 1. The smallest absolute Gasteiger partial charge is 0.309 e. The molecule has 0 radical (unpaired) electrons. The molecule has 1 aromatic heterocycles. The average molecular weight is 374 g/mol. The number of hydrogen-bond acceptors (Lipinski definition) is 5. The van der Waals surface area contributed by atoms with E-state index in [4.69, 9.17) is 4.74 Å². The summed E-state index contributed by atoms with van der Waals surface area (Å²) >= 11 is 0. The average Bonchev–Trinajstić information content (AvgIpc) is 3.24. The molecular weight excluding hydrogens is 342 g/mol. The lowest BCUT2D eigenvalue weighted by molar-refractivity contribution is -0.149. The summed E-state index contributed by atoms with van der Waals surface area (Å²) in [6.45, 7) is 6.85. The molecule has 2 fully saturated rings. The van der Waals surface area contributed by atoms with Gasteiger partial charge in [-0.25, -0.2) is 4.98 Å². The van der Waals surface area contributed by atoms with Gasteiger partial charge in [0, 0.05) is 46.0 Å². The maximum Gasteiger partial charge on any atom is 0.309 e. The van der Waals surface area contributed by atoms with Crippen molar-refractivity contribution in [3.05, 3.63) is 23.9 Å². The van der Waals surface area contributed by atoms with Gasteiger partial charge >= 0.3 is 5.97 Å². The Morgan fingerprint density at radius 1 is 1.30 bits per heavy atom. The molecule has 148 valence electrons. The topological polar surface area (TPSA) is 70.1 Å². The van der Waals surface area contributed by atoms with Gasteiger partial charge in [0.1, 0.15) is 5.82 Å². The van der Waals surface area contributed by atoms with Crippen LogP contribution in [-0.2, 0) is 16.1 Å². The molecule has 2 aliphatic rings. The van der Waals surface area contributed by atoms with Crippen LogP contribution in [0.2, 0.25) is 0 Å². The summed E-state index contributed by atoms with van der Waals surface area (Å²) in [6, 6.07) is 4.21. The van der Waals surface area contributed by atoms with E-state index in [-0.39, 0.29) is 11.9 Å².